The average Bonchev–Trinajstić information content (AvgIpc) is 2.99. The Kier molecular flexibility index (Phi) is 4.29. The molecule has 1 unspecified atom stereocenters. The lowest BCUT2D eigenvalue weighted by Crippen LogP contribution is -2.27. The number of nitrogens with one attached hydrogen (secondary N) is 1. The maximum Gasteiger partial charge on any atom is 0.334 e. The van der Waals surface area contributed by atoms with Crippen molar-refractivity contribution in [2.45, 2.75) is 26.7 Å². The smallest absolute Gasteiger partial charge is 0.334 e. The van der Waals surface area contributed by atoms with Gasteiger partial charge in [-0.25, -0.2) is 4.79 Å². The van der Waals surface area contributed by atoms with Gasteiger partial charge in [-0.15, -0.1) is 10.2 Å². The summed E-state index contributed by atoms with van der Waals surface area (Å²) in [5.74, 6) is -1.40. The molecule has 9 nitrogen and oxygen atoms in total. The van der Waals surface area contributed by atoms with Crippen molar-refractivity contribution in [1.29, 1.82) is 0 Å². The number of nitro groups is 1. The Bertz CT molecular complexity index is 973. The Balaban J connectivity index is 2.25. The molecule has 1 aromatic heterocycles. The van der Waals surface area contributed by atoms with Crippen LogP contribution in [0.25, 0.3) is 5.57 Å². The number of hydrogen-bond acceptors (Lipinski definition) is 7. The number of carboxylic acid groups (broad SMARTS) is 1. The first kappa shape index (κ1) is 17.3. The number of carboxylic acids is 1. The number of nitrogens with zero attached hydrogens (tertiary/aromatic N) is 3. The van der Waals surface area contributed by atoms with Crippen molar-refractivity contribution < 1.29 is 19.2 Å². The molecule has 0 saturated heterocycles. The molecule has 0 fully saturated rings. The van der Waals surface area contributed by atoms with Crippen molar-refractivity contribution >= 4 is 17.2 Å². The molecule has 0 aliphatic carbocycles. The van der Waals surface area contributed by atoms with Crippen LogP contribution in [0.4, 0.5) is 5.69 Å². The van der Waals surface area contributed by atoms with Crippen molar-refractivity contribution in [1.82, 2.24) is 15.5 Å². The van der Waals surface area contributed by atoms with Crippen molar-refractivity contribution in [3.63, 3.8) is 0 Å². The molecular formula is C17H16N4O5. The third-order valence-corrected chi connectivity index (χ3v) is 4.16. The van der Waals surface area contributed by atoms with Crippen LogP contribution in [-0.2, 0) is 4.79 Å². The number of dihydropyridines is 1. The zero-order valence-corrected chi connectivity index (χ0v) is 14.3. The fourth-order valence-electron chi connectivity index (χ4n) is 3.12. The molecule has 134 valence electrons. The maximum absolute atomic E-state index is 11.9. The predicted molar refractivity (Wildman–Crippen MR) is 90.9 cm³/mol. The molecule has 0 saturated carbocycles. The number of hydrogen-bond donors (Lipinski definition) is 2. The maximum atomic E-state index is 11.9. The number of benzene rings is 1. The number of rotatable bonds is 4. The largest absolute Gasteiger partial charge is 0.478 e. The molecule has 2 aromatic rings. The minimum absolute atomic E-state index is 0.0713. The Morgan fingerprint density at radius 3 is 2.58 bits per heavy atom. The molecule has 1 atom stereocenters. The van der Waals surface area contributed by atoms with Crippen molar-refractivity contribution in [2.24, 2.45) is 0 Å². The molecule has 2 heterocycles. The van der Waals surface area contributed by atoms with Gasteiger partial charge in [-0.3, -0.25) is 10.1 Å². The third-order valence-electron chi connectivity index (χ3n) is 4.16. The summed E-state index contributed by atoms with van der Waals surface area (Å²) in [4.78, 5) is 22.6. The van der Waals surface area contributed by atoms with Gasteiger partial charge < -0.3 is 14.8 Å². The highest BCUT2D eigenvalue weighted by Crippen LogP contribution is 2.43. The van der Waals surface area contributed by atoms with Crippen molar-refractivity contribution in [3.8, 4) is 0 Å². The van der Waals surface area contributed by atoms with Crippen LogP contribution in [0.1, 0.15) is 37.1 Å². The van der Waals surface area contributed by atoms with Gasteiger partial charge in [0.05, 0.1) is 16.4 Å². The van der Waals surface area contributed by atoms with E-state index in [1.165, 1.54) is 18.2 Å². The second-order valence-corrected chi connectivity index (χ2v) is 5.92. The van der Waals surface area contributed by atoms with E-state index in [4.69, 9.17) is 4.42 Å². The summed E-state index contributed by atoms with van der Waals surface area (Å²) < 4.78 is 5.52. The number of aliphatic carboxylic acids is 1. The van der Waals surface area contributed by atoms with Crippen LogP contribution in [0.5, 0.6) is 0 Å². The molecule has 9 heteroatoms. The lowest BCUT2D eigenvalue weighted by molar-refractivity contribution is -0.384. The molecule has 0 amide bonds. The van der Waals surface area contributed by atoms with E-state index in [1.807, 2.05) is 0 Å². The third kappa shape index (κ3) is 2.94. The number of carbonyl (C=O) groups is 1. The van der Waals surface area contributed by atoms with E-state index < -0.39 is 16.8 Å². The summed E-state index contributed by atoms with van der Waals surface area (Å²) in [6.45, 7) is 5.04. The van der Waals surface area contributed by atoms with Gasteiger partial charge in [-0.05, 0) is 19.4 Å². The quantitative estimate of drug-likeness (QED) is 0.631. The summed E-state index contributed by atoms with van der Waals surface area (Å²) >= 11 is 0. The van der Waals surface area contributed by atoms with Crippen molar-refractivity contribution in [3.05, 3.63) is 68.7 Å². The average molecular weight is 356 g/mol. The van der Waals surface area contributed by atoms with Crippen LogP contribution in [0.3, 0.4) is 0 Å². The summed E-state index contributed by atoms with van der Waals surface area (Å²) in [6.07, 6.45) is 0. The van der Waals surface area contributed by atoms with Gasteiger partial charge in [-0.2, -0.15) is 0 Å². The van der Waals surface area contributed by atoms with Crippen LogP contribution in [-0.4, -0.2) is 26.2 Å². The number of aryl methyl sites for hydroxylation is 1. The lowest BCUT2D eigenvalue weighted by Gasteiger charge is -2.29. The Hall–Kier alpha value is -3.49. The fourth-order valence-corrected chi connectivity index (χ4v) is 3.12. The molecule has 1 aliphatic rings. The highest BCUT2D eigenvalue weighted by atomic mass is 16.6. The second-order valence-electron chi connectivity index (χ2n) is 5.92. The number of allylic oxidation sites excluding steroid dienone is 3. The summed E-state index contributed by atoms with van der Waals surface area (Å²) in [7, 11) is 0. The predicted octanol–water partition coefficient (Wildman–Crippen LogP) is 2.76. The highest BCUT2D eigenvalue weighted by molar-refractivity contribution is 5.95. The second kappa shape index (κ2) is 6.43. The Labute approximate surface area is 148 Å². The number of aromatic nitrogens is 2. The van der Waals surface area contributed by atoms with E-state index in [-0.39, 0.29) is 17.2 Å². The van der Waals surface area contributed by atoms with Crippen LogP contribution in [0.15, 0.2) is 45.6 Å². The van der Waals surface area contributed by atoms with Gasteiger partial charge >= 0.3 is 5.97 Å². The molecule has 3 rings (SSSR count). The van der Waals surface area contributed by atoms with Crippen LogP contribution >= 0.6 is 0 Å². The zero-order valence-electron chi connectivity index (χ0n) is 14.3. The first-order valence-electron chi connectivity index (χ1n) is 7.76. The molecule has 26 heavy (non-hydrogen) atoms. The van der Waals surface area contributed by atoms with E-state index in [2.05, 4.69) is 15.5 Å². The van der Waals surface area contributed by atoms with Gasteiger partial charge in [0.2, 0.25) is 11.8 Å². The van der Waals surface area contributed by atoms with Crippen molar-refractivity contribution in [2.75, 3.05) is 0 Å². The molecule has 1 aliphatic heterocycles. The lowest BCUT2D eigenvalue weighted by atomic mass is 9.80. The first-order valence-corrected chi connectivity index (χ1v) is 7.76. The molecule has 1 aromatic carbocycles. The minimum Gasteiger partial charge on any atom is -0.478 e. The summed E-state index contributed by atoms with van der Waals surface area (Å²) in [5, 5.41) is 31.7. The van der Waals surface area contributed by atoms with E-state index in [0.717, 1.165) is 0 Å². The van der Waals surface area contributed by atoms with Crippen LogP contribution in [0, 0.1) is 17.0 Å². The fraction of sp³-hybridized carbons (Fsp3) is 0.235. The summed E-state index contributed by atoms with van der Waals surface area (Å²) in [5.41, 5.74) is 1.99. The first-order chi connectivity index (χ1) is 12.3. The van der Waals surface area contributed by atoms with Gasteiger partial charge in [0.25, 0.3) is 5.69 Å². The van der Waals surface area contributed by atoms with Gasteiger partial charge in [-0.1, -0.05) is 12.1 Å². The van der Waals surface area contributed by atoms with E-state index in [9.17, 15) is 20.0 Å². The minimum atomic E-state index is -1.13. The van der Waals surface area contributed by atoms with Gasteiger partial charge in [0.1, 0.15) is 0 Å². The molecular weight excluding hydrogens is 340 g/mol. The molecule has 2 N–H and O–H groups in total. The van der Waals surface area contributed by atoms with Crippen LogP contribution < -0.4 is 5.32 Å². The highest BCUT2D eigenvalue weighted by Gasteiger charge is 2.36. The zero-order chi connectivity index (χ0) is 19.0. The monoisotopic (exact) mass is 356 g/mol. The topological polar surface area (TPSA) is 131 Å². The Morgan fingerprint density at radius 1 is 1.27 bits per heavy atom. The number of non-ortho nitro benzene ring substituents is 1. The normalized spacial score (nSPS) is 17.3. The van der Waals surface area contributed by atoms with Gasteiger partial charge in [0.15, 0.2) is 0 Å². The SMILES string of the molecule is CC1=C(C(=O)O)C(c2cccc([N+](=O)[O-])c2)C(c2nnc(C)o2)=C(C)N1. The van der Waals surface area contributed by atoms with E-state index in [1.54, 1.807) is 26.8 Å². The molecule has 0 radical (unpaired) electrons. The van der Waals surface area contributed by atoms with E-state index in [0.29, 0.717) is 28.4 Å². The van der Waals surface area contributed by atoms with E-state index >= 15 is 0 Å². The molecule has 0 spiro atoms. The summed E-state index contributed by atoms with van der Waals surface area (Å²) in [6, 6.07) is 5.89. The van der Waals surface area contributed by atoms with Gasteiger partial charge in [0, 0.05) is 36.0 Å². The van der Waals surface area contributed by atoms with Crippen LogP contribution in [0.2, 0.25) is 0 Å². The Morgan fingerprint density at radius 2 is 2.00 bits per heavy atom. The number of nitro benzene ring substituents is 1. The molecule has 0 bridgehead atoms. The standard InChI is InChI=1S/C17H16N4O5/c1-8-13(16-20-19-10(3)26-16)15(14(17(22)23)9(2)18-8)11-5-4-6-12(7-11)21(24)25/h4-7,15,18H,1-3H3,(H,22,23).